The molecule has 0 bridgehead atoms. The minimum absolute atomic E-state index is 0.122. The first-order chi connectivity index (χ1) is 8.13. The van der Waals surface area contributed by atoms with Gasteiger partial charge in [-0.05, 0) is 43.2 Å². The summed E-state index contributed by atoms with van der Waals surface area (Å²) in [6, 6.07) is 7.17. The van der Waals surface area contributed by atoms with Gasteiger partial charge in [-0.15, -0.1) is 11.6 Å². The van der Waals surface area contributed by atoms with Gasteiger partial charge in [0.05, 0.1) is 0 Å². The Bertz CT molecular complexity index is 382. The minimum atomic E-state index is 0.122. The van der Waals surface area contributed by atoms with E-state index in [1.807, 2.05) is 6.92 Å². The van der Waals surface area contributed by atoms with Crippen molar-refractivity contribution in [3.8, 4) is 5.75 Å². The lowest BCUT2D eigenvalue weighted by Crippen LogP contribution is -2.01. The molecule has 0 amide bonds. The fourth-order valence-electron chi connectivity index (χ4n) is 1.32. The highest BCUT2D eigenvalue weighted by Gasteiger charge is 2.05. The molecule has 0 N–H and O–H groups in total. The molecule has 1 aromatic carbocycles. The largest absolute Gasteiger partial charge is 0.489 e. The molecule has 0 radical (unpaired) electrons. The molecule has 0 aliphatic carbocycles. The van der Waals surface area contributed by atoms with Gasteiger partial charge >= 0.3 is 0 Å². The summed E-state index contributed by atoms with van der Waals surface area (Å²) in [7, 11) is 0. The van der Waals surface area contributed by atoms with E-state index in [0.717, 1.165) is 11.3 Å². The van der Waals surface area contributed by atoms with Crippen LogP contribution in [0.5, 0.6) is 5.75 Å². The molecule has 0 aliphatic heterocycles. The number of ether oxygens (including phenoxy) is 1. The molecule has 92 valence electrons. The van der Waals surface area contributed by atoms with Crippen LogP contribution in [0.3, 0.4) is 0 Å². The Morgan fingerprint density at radius 2 is 2.00 bits per heavy atom. The SMILES string of the molecule is C=C(C)COc1ccc(C(=O)CCCCl)cc1. The molecular formula is C14H17ClO2. The van der Waals surface area contributed by atoms with E-state index in [2.05, 4.69) is 6.58 Å². The molecule has 0 unspecified atom stereocenters. The van der Waals surface area contributed by atoms with Crippen LogP contribution >= 0.6 is 11.6 Å². The zero-order valence-electron chi connectivity index (χ0n) is 10.0. The minimum Gasteiger partial charge on any atom is -0.489 e. The summed E-state index contributed by atoms with van der Waals surface area (Å²) in [6.45, 7) is 6.16. The number of carbonyl (C=O) groups excluding carboxylic acids is 1. The van der Waals surface area contributed by atoms with Crippen molar-refractivity contribution in [3.63, 3.8) is 0 Å². The fourth-order valence-corrected chi connectivity index (χ4v) is 1.45. The number of halogens is 1. The van der Waals surface area contributed by atoms with Gasteiger partial charge in [-0.3, -0.25) is 4.79 Å². The van der Waals surface area contributed by atoms with Crippen molar-refractivity contribution in [2.45, 2.75) is 19.8 Å². The molecule has 0 aromatic heterocycles. The lowest BCUT2D eigenvalue weighted by atomic mass is 10.1. The van der Waals surface area contributed by atoms with Crippen molar-refractivity contribution >= 4 is 17.4 Å². The summed E-state index contributed by atoms with van der Waals surface area (Å²) in [5, 5.41) is 0. The van der Waals surface area contributed by atoms with E-state index in [1.54, 1.807) is 24.3 Å². The zero-order chi connectivity index (χ0) is 12.7. The van der Waals surface area contributed by atoms with Gasteiger partial charge in [-0.25, -0.2) is 0 Å². The third-order valence-corrected chi connectivity index (χ3v) is 2.47. The van der Waals surface area contributed by atoms with Crippen LogP contribution in [0.25, 0.3) is 0 Å². The average Bonchev–Trinajstić information content (AvgIpc) is 2.34. The molecule has 1 aromatic rings. The second kappa shape index (κ2) is 7.13. The molecule has 3 heteroatoms. The Labute approximate surface area is 107 Å². The Kier molecular flexibility index (Phi) is 5.78. The van der Waals surface area contributed by atoms with Crippen molar-refractivity contribution in [1.29, 1.82) is 0 Å². The molecule has 0 heterocycles. The molecule has 0 spiro atoms. The number of alkyl halides is 1. The standard InChI is InChI=1S/C14H17ClO2/c1-11(2)10-17-13-7-5-12(6-8-13)14(16)4-3-9-15/h5-8H,1,3-4,9-10H2,2H3. The second-order valence-electron chi connectivity index (χ2n) is 3.99. The highest BCUT2D eigenvalue weighted by molar-refractivity contribution is 6.18. The summed E-state index contributed by atoms with van der Waals surface area (Å²) in [6.07, 6.45) is 1.21. The number of hydrogen-bond acceptors (Lipinski definition) is 2. The predicted molar refractivity (Wildman–Crippen MR) is 71.0 cm³/mol. The number of ketones is 1. The van der Waals surface area contributed by atoms with Gasteiger partial charge in [-0.2, -0.15) is 0 Å². The fraction of sp³-hybridized carbons (Fsp3) is 0.357. The topological polar surface area (TPSA) is 26.3 Å². The highest BCUT2D eigenvalue weighted by Crippen LogP contribution is 2.14. The predicted octanol–water partition coefficient (Wildman–Crippen LogP) is 3.84. The van der Waals surface area contributed by atoms with Gasteiger partial charge in [0.15, 0.2) is 5.78 Å². The maximum absolute atomic E-state index is 11.7. The van der Waals surface area contributed by atoms with Crippen LogP contribution in [0, 0.1) is 0 Å². The van der Waals surface area contributed by atoms with E-state index in [0.29, 0.717) is 30.9 Å². The first kappa shape index (κ1) is 13.8. The van der Waals surface area contributed by atoms with Crippen LogP contribution in [0.4, 0.5) is 0 Å². The molecule has 2 nitrogen and oxygen atoms in total. The molecule has 17 heavy (non-hydrogen) atoms. The maximum Gasteiger partial charge on any atom is 0.162 e. The smallest absolute Gasteiger partial charge is 0.162 e. The van der Waals surface area contributed by atoms with Gasteiger partial charge in [0.1, 0.15) is 12.4 Å². The van der Waals surface area contributed by atoms with Crippen molar-refractivity contribution in [3.05, 3.63) is 42.0 Å². The first-order valence-electron chi connectivity index (χ1n) is 5.60. The van der Waals surface area contributed by atoms with E-state index >= 15 is 0 Å². The van der Waals surface area contributed by atoms with Crippen LogP contribution < -0.4 is 4.74 Å². The summed E-state index contributed by atoms with van der Waals surface area (Å²) >= 11 is 5.55. The number of hydrogen-bond donors (Lipinski definition) is 0. The number of benzene rings is 1. The molecule has 0 saturated heterocycles. The molecule has 1 rings (SSSR count). The molecule has 0 aliphatic rings. The molecule has 0 atom stereocenters. The third kappa shape index (κ3) is 5.05. The Balaban J connectivity index is 2.55. The van der Waals surface area contributed by atoms with Crippen molar-refractivity contribution in [2.75, 3.05) is 12.5 Å². The summed E-state index contributed by atoms with van der Waals surface area (Å²) in [4.78, 5) is 11.7. The zero-order valence-corrected chi connectivity index (χ0v) is 10.8. The number of carbonyl (C=O) groups is 1. The Morgan fingerprint density at radius 1 is 1.35 bits per heavy atom. The molecular weight excluding hydrogens is 236 g/mol. The summed E-state index contributed by atoms with van der Waals surface area (Å²) < 4.78 is 5.45. The van der Waals surface area contributed by atoms with E-state index in [4.69, 9.17) is 16.3 Å². The van der Waals surface area contributed by atoms with Gasteiger partial charge in [0.25, 0.3) is 0 Å². The van der Waals surface area contributed by atoms with Crippen LogP contribution in [0.1, 0.15) is 30.1 Å². The van der Waals surface area contributed by atoms with Crippen LogP contribution in [-0.4, -0.2) is 18.3 Å². The van der Waals surface area contributed by atoms with Gasteiger partial charge in [-0.1, -0.05) is 6.58 Å². The third-order valence-electron chi connectivity index (χ3n) is 2.20. The maximum atomic E-state index is 11.7. The number of rotatable bonds is 7. The van der Waals surface area contributed by atoms with Gasteiger partial charge in [0, 0.05) is 17.9 Å². The lowest BCUT2D eigenvalue weighted by molar-refractivity contribution is 0.0982. The lowest BCUT2D eigenvalue weighted by Gasteiger charge is -2.06. The van der Waals surface area contributed by atoms with Crippen LogP contribution in [0.15, 0.2) is 36.4 Å². The van der Waals surface area contributed by atoms with Crippen LogP contribution in [0.2, 0.25) is 0 Å². The molecule has 0 saturated carbocycles. The normalized spacial score (nSPS) is 10.0. The van der Waals surface area contributed by atoms with Gasteiger partial charge in [0.2, 0.25) is 0 Å². The van der Waals surface area contributed by atoms with Gasteiger partial charge < -0.3 is 4.74 Å². The average molecular weight is 253 g/mol. The molecule has 0 fully saturated rings. The van der Waals surface area contributed by atoms with Crippen molar-refractivity contribution in [1.82, 2.24) is 0 Å². The van der Waals surface area contributed by atoms with E-state index in [-0.39, 0.29) is 5.78 Å². The second-order valence-corrected chi connectivity index (χ2v) is 4.36. The number of Topliss-reactive ketones (excluding diaryl/α,β-unsaturated/α-hetero) is 1. The highest BCUT2D eigenvalue weighted by atomic mass is 35.5. The first-order valence-corrected chi connectivity index (χ1v) is 6.13. The van der Waals surface area contributed by atoms with Crippen molar-refractivity contribution < 1.29 is 9.53 Å². The van der Waals surface area contributed by atoms with Crippen molar-refractivity contribution in [2.24, 2.45) is 0 Å². The monoisotopic (exact) mass is 252 g/mol. The van der Waals surface area contributed by atoms with E-state index in [9.17, 15) is 4.79 Å². The van der Waals surface area contributed by atoms with E-state index in [1.165, 1.54) is 0 Å². The quantitative estimate of drug-likeness (QED) is 0.419. The Morgan fingerprint density at radius 3 is 2.53 bits per heavy atom. The Hall–Kier alpha value is -1.28. The van der Waals surface area contributed by atoms with E-state index < -0.39 is 0 Å². The summed E-state index contributed by atoms with van der Waals surface area (Å²) in [5.74, 6) is 1.39. The summed E-state index contributed by atoms with van der Waals surface area (Å²) in [5.41, 5.74) is 1.67. The van der Waals surface area contributed by atoms with Crippen LogP contribution in [-0.2, 0) is 0 Å².